The van der Waals surface area contributed by atoms with Crippen LogP contribution in [0.5, 0.6) is 0 Å². The van der Waals surface area contributed by atoms with E-state index in [-0.39, 0.29) is 11.9 Å². The van der Waals surface area contributed by atoms with Gasteiger partial charge in [-0.15, -0.1) is 0 Å². The first-order valence-electron chi connectivity index (χ1n) is 12.8. The number of amides is 1. The highest BCUT2D eigenvalue weighted by Crippen LogP contribution is 2.47. The summed E-state index contributed by atoms with van der Waals surface area (Å²) in [5, 5.41) is 6.68. The van der Waals surface area contributed by atoms with Crippen LogP contribution in [0.2, 0.25) is 5.02 Å². The number of nitrogens with zero attached hydrogens (tertiary/aromatic N) is 3. The molecule has 1 aromatic heterocycles. The molecular formula is C30H30ClN3O3. The van der Waals surface area contributed by atoms with Crippen LogP contribution in [0.3, 0.4) is 0 Å². The Bertz CT molecular complexity index is 1420. The van der Waals surface area contributed by atoms with Crippen LogP contribution >= 0.6 is 11.6 Å². The number of hydrogen-bond acceptors (Lipinski definition) is 4. The van der Waals surface area contributed by atoms with Gasteiger partial charge >= 0.3 is 5.97 Å². The number of carbonyl (C=O) groups is 2. The molecule has 1 saturated carbocycles. The van der Waals surface area contributed by atoms with E-state index < -0.39 is 5.54 Å². The topological polar surface area (TPSA) is 64.4 Å². The third-order valence-electron chi connectivity index (χ3n) is 7.15. The molecule has 0 atom stereocenters. The summed E-state index contributed by atoms with van der Waals surface area (Å²) in [7, 11) is 0. The van der Waals surface area contributed by atoms with E-state index in [2.05, 4.69) is 6.07 Å². The standard InChI is InChI=1S/C30H30ClN3O3/c1-3-37-29(36)22-11-15-24(16-12-22)33(21(2)35)30(19-7-4-8-20-30)28-26-9-5-6-10-27(26)32-34(28)25-17-13-23(31)14-18-25/h5-6,9-18H,3-4,7-8,19-20H2,1-2H3. The summed E-state index contributed by atoms with van der Waals surface area (Å²) in [6.45, 7) is 3.70. The lowest BCUT2D eigenvalue weighted by atomic mass is 9.76. The fraction of sp³-hybridized carbons (Fsp3) is 0.300. The van der Waals surface area contributed by atoms with Crippen molar-refractivity contribution in [3.63, 3.8) is 0 Å². The van der Waals surface area contributed by atoms with E-state index in [1.54, 1.807) is 26.0 Å². The van der Waals surface area contributed by atoms with Crippen molar-refractivity contribution in [2.75, 3.05) is 11.5 Å². The number of ether oxygens (including phenoxy) is 1. The molecule has 0 aliphatic heterocycles. The van der Waals surface area contributed by atoms with Crippen LogP contribution in [0, 0.1) is 0 Å². The van der Waals surface area contributed by atoms with Gasteiger partial charge in [-0.3, -0.25) is 4.79 Å². The van der Waals surface area contributed by atoms with Crippen molar-refractivity contribution in [2.24, 2.45) is 0 Å². The number of anilines is 1. The summed E-state index contributed by atoms with van der Waals surface area (Å²) < 4.78 is 7.13. The molecule has 1 aliphatic rings. The second-order valence-electron chi connectivity index (χ2n) is 9.47. The molecule has 0 spiro atoms. The van der Waals surface area contributed by atoms with Crippen molar-refractivity contribution in [3.8, 4) is 5.69 Å². The second kappa shape index (κ2) is 10.4. The summed E-state index contributed by atoms with van der Waals surface area (Å²) in [4.78, 5) is 27.7. The highest BCUT2D eigenvalue weighted by Gasteiger charge is 2.46. The van der Waals surface area contributed by atoms with E-state index in [0.29, 0.717) is 17.2 Å². The number of rotatable bonds is 6. The molecule has 0 bridgehead atoms. The molecule has 1 aliphatic carbocycles. The maximum atomic E-state index is 13.5. The van der Waals surface area contributed by atoms with Crippen LogP contribution in [-0.2, 0) is 15.1 Å². The Kier molecular flexibility index (Phi) is 7.02. The van der Waals surface area contributed by atoms with Crippen molar-refractivity contribution >= 4 is 40.1 Å². The third-order valence-corrected chi connectivity index (χ3v) is 7.40. The number of fused-ring (bicyclic) bond motifs is 1. The number of hydrogen-bond donors (Lipinski definition) is 0. The van der Waals surface area contributed by atoms with Crippen molar-refractivity contribution in [1.82, 2.24) is 9.78 Å². The maximum Gasteiger partial charge on any atom is 0.338 e. The molecular weight excluding hydrogens is 486 g/mol. The van der Waals surface area contributed by atoms with Crippen molar-refractivity contribution < 1.29 is 14.3 Å². The highest BCUT2D eigenvalue weighted by molar-refractivity contribution is 6.30. The van der Waals surface area contributed by atoms with E-state index >= 15 is 0 Å². The predicted octanol–water partition coefficient (Wildman–Crippen LogP) is 7.07. The van der Waals surface area contributed by atoms with E-state index in [9.17, 15) is 9.59 Å². The zero-order valence-electron chi connectivity index (χ0n) is 21.1. The van der Waals surface area contributed by atoms with E-state index in [1.165, 1.54) is 0 Å². The summed E-state index contributed by atoms with van der Waals surface area (Å²) >= 11 is 6.21. The summed E-state index contributed by atoms with van der Waals surface area (Å²) in [5.74, 6) is -0.429. The van der Waals surface area contributed by atoms with Crippen LogP contribution in [0.1, 0.15) is 62.0 Å². The molecule has 0 unspecified atom stereocenters. The largest absolute Gasteiger partial charge is 0.462 e. The lowest BCUT2D eigenvalue weighted by Crippen LogP contribution is -2.51. The number of aromatic nitrogens is 2. The SMILES string of the molecule is CCOC(=O)c1ccc(N(C(C)=O)C2(c3c4ccccc4nn3-c3ccc(Cl)cc3)CCCCC2)cc1. The molecule has 5 rings (SSSR count). The van der Waals surface area contributed by atoms with Crippen LogP contribution < -0.4 is 4.90 Å². The quantitative estimate of drug-likeness (QED) is 0.258. The normalized spacial score (nSPS) is 14.9. The molecule has 0 N–H and O–H groups in total. The summed E-state index contributed by atoms with van der Waals surface area (Å²) in [5.41, 5.74) is 3.35. The molecule has 1 fully saturated rings. The molecule has 1 heterocycles. The molecule has 7 heteroatoms. The molecule has 3 aromatic carbocycles. The van der Waals surface area contributed by atoms with Gasteiger partial charge in [0, 0.05) is 23.0 Å². The van der Waals surface area contributed by atoms with E-state index in [1.807, 2.05) is 64.2 Å². The van der Waals surface area contributed by atoms with Gasteiger partial charge in [0.15, 0.2) is 0 Å². The van der Waals surface area contributed by atoms with Crippen LogP contribution in [0.25, 0.3) is 16.6 Å². The average Bonchev–Trinajstić information content (AvgIpc) is 3.30. The van der Waals surface area contributed by atoms with Gasteiger partial charge in [0.1, 0.15) is 0 Å². The average molecular weight is 516 g/mol. The van der Waals surface area contributed by atoms with Crippen molar-refractivity contribution in [3.05, 3.63) is 89.1 Å². The lowest BCUT2D eigenvalue weighted by Gasteiger charge is -2.46. The molecule has 0 radical (unpaired) electrons. The zero-order valence-corrected chi connectivity index (χ0v) is 21.9. The number of benzene rings is 3. The minimum absolute atomic E-state index is 0.0567. The fourth-order valence-corrected chi connectivity index (χ4v) is 5.77. The minimum atomic E-state index is -0.620. The van der Waals surface area contributed by atoms with Gasteiger partial charge in [0.25, 0.3) is 0 Å². The van der Waals surface area contributed by atoms with Gasteiger partial charge in [-0.1, -0.05) is 49.1 Å². The Balaban J connectivity index is 1.73. The van der Waals surface area contributed by atoms with Crippen LogP contribution in [0.4, 0.5) is 5.69 Å². The lowest BCUT2D eigenvalue weighted by molar-refractivity contribution is -0.118. The summed E-state index contributed by atoms with van der Waals surface area (Å²) in [6, 6.07) is 22.9. The van der Waals surface area contributed by atoms with Crippen LogP contribution in [-0.4, -0.2) is 28.3 Å². The Hall–Kier alpha value is -3.64. The second-order valence-corrected chi connectivity index (χ2v) is 9.90. The first-order valence-corrected chi connectivity index (χ1v) is 13.1. The summed E-state index contributed by atoms with van der Waals surface area (Å²) in [6.07, 6.45) is 4.70. The first-order chi connectivity index (χ1) is 17.9. The van der Waals surface area contributed by atoms with Gasteiger partial charge in [-0.05, 0) is 74.4 Å². The van der Waals surface area contributed by atoms with E-state index in [4.69, 9.17) is 21.4 Å². The zero-order chi connectivity index (χ0) is 26.0. The van der Waals surface area contributed by atoms with Gasteiger partial charge in [0.05, 0.1) is 34.6 Å². The molecule has 0 saturated heterocycles. The Morgan fingerprint density at radius 1 is 0.973 bits per heavy atom. The fourth-order valence-electron chi connectivity index (χ4n) is 5.64. The Morgan fingerprint density at radius 2 is 1.65 bits per heavy atom. The molecule has 6 nitrogen and oxygen atoms in total. The Labute approximate surface area is 221 Å². The number of carbonyl (C=O) groups excluding carboxylic acids is 2. The predicted molar refractivity (Wildman–Crippen MR) is 146 cm³/mol. The van der Waals surface area contributed by atoms with Crippen LogP contribution in [0.15, 0.2) is 72.8 Å². The van der Waals surface area contributed by atoms with Gasteiger partial charge < -0.3 is 9.64 Å². The van der Waals surface area contributed by atoms with E-state index in [0.717, 1.165) is 60.1 Å². The Morgan fingerprint density at radius 3 is 2.30 bits per heavy atom. The minimum Gasteiger partial charge on any atom is -0.462 e. The smallest absolute Gasteiger partial charge is 0.338 e. The molecule has 4 aromatic rings. The third kappa shape index (κ3) is 4.62. The first kappa shape index (κ1) is 25.0. The highest BCUT2D eigenvalue weighted by atomic mass is 35.5. The van der Waals surface area contributed by atoms with Crippen molar-refractivity contribution in [1.29, 1.82) is 0 Å². The van der Waals surface area contributed by atoms with Gasteiger partial charge in [-0.25, -0.2) is 9.48 Å². The molecule has 190 valence electrons. The molecule has 1 amide bonds. The molecule has 37 heavy (non-hydrogen) atoms. The number of halogens is 1. The van der Waals surface area contributed by atoms with Gasteiger partial charge in [-0.2, -0.15) is 5.10 Å². The van der Waals surface area contributed by atoms with Gasteiger partial charge in [0.2, 0.25) is 5.91 Å². The monoisotopic (exact) mass is 515 g/mol. The van der Waals surface area contributed by atoms with Crippen molar-refractivity contribution in [2.45, 2.75) is 51.5 Å². The maximum absolute atomic E-state index is 13.5. The number of esters is 1.